The lowest BCUT2D eigenvalue weighted by Crippen LogP contribution is -2.13. The molecule has 0 aliphatic carbocycles. The first-order valence-electron chi connectivity index (χ1n) is 9.44. The van der Waals surface area contributed by atoms with Gasteiger partial charge in [0, 0.05) is 38.2 Å². The molecular weight excluding hydrogens is 509 g/mol. The second-order valence-electron chi connectivity index (χ2n) is 6.54. The quantitative estimate of drug-likeness (QED) is 0.308. The minimum atomic E-state index is 0.312. The van der Waals surface area contributed by atoms with Gasteiger partial charge in [0.1, 0.15) is 6.61 Å². The molecule has 7 heteroatoms. The number of ether oxygens (including phenoxy) is 2. The number of hydrogen-bond acceptors (Lipinski definition) is 3. The first kappa shape index (κ1) is 23.2. The van der Waals surface area contributed by atoms with Gasteiger partial charge in [0.25, 0.3) is 0 Å². The third-order valence-electron chi connectivity index (χ3n) is 4.40. The Morgan fingerprint density at radius 2 is 1.53 bits per heavy atom. The van der Waals surface area contributed by atoms with Crippen LogP contribution in [0.3, 0.4) is 0 Å². The van der Waals surface area contributed by atoms with Crippen LogP contribution in [0.1, 0.15) is 23.6 Å². The fraction of sp³-hybridized carbons (Fsp3) is 0.217. The maximum Gasteiger partial charge on any atom is 0.162 e. The van der Waals surface area contributed by atoms with Crippen molar-refractivity contribution in [1.29, 1.82) is 0 Å². The average Bonchev–Trinajstić information content (AvgIpc) is 2.71. The number of nitrogens with one attached hydrogen (secondary N) is 1. The second kappa shape index (κ2) is 11.3. The smallest absolute Gasteiger partial charge is 0.162 e. The summed E-state index contributed by atoms with van der Waals surface area (Å²) in [5.41, 5.74) is 2.97. The van der Waals surface area contributed by atoms with Crippen molar-refractivity contribution in [3.63, 3.8) is 0 Å². The van der Waals surface area contributed by atoms with E-state index in [1.807, 2.05) is 49.4 Å². The van der Waals surface area contributed by atoms with Gasteiger partial charge in [0.05, 0.1) is 6.61 Å². The van der Waals surface area contributed by atoms with E-state index >= 15 is 0 Å². The van der Waals surface area contributed by atoms with Gasteiger partial charge in [-0.1, -0.05) is 75.0 Å². The molecule has 0 heterocycles. The van der Waals surface area contributed by atoms with Gasteiger partial charge in [0.2, 0.25) is 0 Å². The number of benzene rings is 3. The Morgan fingerprint density at radius 1 is 0.800 bits per heavy atom. The Kier molecular flexibility index (Phi) is 8.72. The van der Waals surface area contributed by atoms with Gasteiger partial charge in [-0.25, -0.2) is 0 Å². The Balaban J connectivity index is 1.70. The van der Waals surface area contributed by atoms with E-state index in [4.69, 9.17) is 44.3 Å². The monoisotopic (exact) mass is 527 g/mol. The predicted molar refractivity (Wildman–Crippen MR) is 128 cm³/mol. The highest BCUT2D eigenvalue weighted by atomic mass is 79.9. The second-order valence-corrected chi connectivity index (χ2v) is 8.65. The van der Waals surface area contributed by atoms with Gasteiger partial charge in [-0.3, -0.25) is 0 Å². The summed E-state index contributed by atoms with van der Waals surface area (Å²) in [6.45, 7) is 4.11. The molecule has 0 fully saturated rings. The molecule has 3 aromatic rings. The van der Waals surface area contributed by atoms with Crippen LogP contribution in [0, 0.1) is 0 Å². The normalized spacial score (nSPS) is 10.8. The van der Waals surface area contributed by atoms with Crippen molar-refractivity contribution < 1.29 is 9.47 Å². The third-order valence-corrected chi connectivity index (χ3v) is 6.09. The average molecular weight is 530 g/mol. The molecule has 0 amide bonds. The van der Waals surface area contributed by atoms with Crippen LogP contribution in [0.5, 0.6) is 11.5 Å². The van der Waals surface area contributed by atoms with Gasteiger partial charge >= 0.3 is 0 Å². The van der Waals surface area contributed by atoms with E-state index in [9.17, 15) is 0 Å². The summed E-state index contributed by atoms with van der Waals surface area (Å²) in [7, 11) is 0. The maximum absolute atomic E-state index is 6.25. The van der Waals surface area contributed by atoms with Gasteiger partial charge in [0.15, 0.2) is 11.5 Å². The molecule has 0 radical (unpaired) electrons. The lowest BCUT2D eigenvalue weighted by Gasteiger charge is -2.16. The third kappa shape index (κ3) is 6.29. The van der Waals surface area contributed by atoms with Crippen LogP contribution in [-0.2, 0) is 19.7 Å². The summed E-state index contributed by atoms with van der Waals surface area (Å²) in [5.74, 6) is 1.32. The highest BCUT2D eigenvalue weighted by Crippen LogP contribution is 2.35. The number of hydrogen-bond donors (Lipinski definition) is 1. The predicted octanol–water partition coefficient (Wildman–Crippen LogP) is 7.68. The van der Waals surface area contributed by atoms with E-state index in [2.05, 4.69) is 21.2 Å². The zero-order valence-corrected chi connectivity index (χ0v) is 20.2. The van der Waals surface area contributed by atoms with E-state index in [-0.39, 0.29) is 0 Å². The minimum absolute atomic E-state index is 0.312. The topological polar surface area (TPSA) is 30.5 Å². The molecule has 0 unspecified atom stereocenters. The standard InChI is InChI=1S/C23H21BrCl3NO2/c1-2-29-22-9-17(13-28-12-15-5-3-4-6-20(15)26)19(24)11-23(22)30-14-16-7-8-18(25)10-21(16)27/h3-11,28H,2,12-14H2,1H3. The van der Waals surface area contributed by atoms with E-state index in [0.717, 1.165) is 26.2 Å². The summed E-state index contributed by atoms with van der Waals surface area (Å²) in [5, 5.41) is 5.33. The van der Waals surface area contributed by atoms with Crippen molar-refractivity contribution in [3.05, 3.63) is 90.8 Å². The highest BCUT2D eigenvalue weighted by Gasteiger charge is 2.12. The Bertz CT molecular complexity index is 1010. The van der Waals surface area contributed by atoms with Gasteiger partial charge in [-0.2, -0.15) is 0 Å². The molecule has 0 bridgehead atoms. The molecular formula is C23H21BrCl3NO2. The summed E-state index contributed by atoms with van der Waals surface area (Å²) < 4.78 is 12.7. The number of rotatable bonds is 9. The Morgan fingerprint density at radius 3 is 2.27 bits per heavy atom. The maximum atomic E-state index is 6.25. The summed E-state index contributed by atoms with van der Waals surface area (Å²) >= 11 is 22.1. The van der Waals surface area contributed by atoms with Crippen molar-refractivity contribution in [2.45, 2.75) is 26.6 Å². The molecule has 0 aliphatic heterocycles. The van der Waals surface area contributed by atoms with Crippen LogP contribution in [0.15, 0.2) is 59.1 Å². The Hall–Kier alpha value is -1.43. The van der Waals surface area contributed by atoms with Gasteiger partial charge in [-0.15, -0.1) is 0 Å². The molecule has 3 rings (SSSR count). The molecule has 3 aromatic carbocycles. The Labute approximate surface area is 200 Å². The summed E-state index contributed by atoms with van der Waals surface area (Å²) in [6.07, 6.45) is 0. The molecule has 0 saturated heterocycles. The molecule has 0 spiro atoms. The highest BCUT2D eigenvalue weighted by molar-refractivity contribution is 9.10. The fourth-order valence-corrected chi connectivity index (χ4v) is 3.99. The van der Waals surface area contributed by atoms with E-state index in [1.165, 1.54) is 0 Å². The molecule has 0 saturated carbocycles. The lowest BCUT2D eigenvalue weighted by molar-refractivity contribution is 0.269. The van der Waals surface area contributed by atoms with Gasteiger partial charge < -0.3 is 14.8 Å². The lowest BCUT2D eigenvalue weighted by atomic mass is 10.1. The van der Waals surface area contributed by atoms with Crippen LogP contribution in [0.2, 0.25) is 15.1 Å². The molecule has 0 aromatic heterocycles. The van der Waals surface area contributed by atoms with Crippen molar-refractivity contribution in [3.8, 4) is 11.5 Å². The molecule has 3 nitrogen and oxygen atoms in total. The fourth-order valence-electron chi connectivity index (χ4n) is 2.86. The van der Waals surface area contributed by atoms with E-state index in [0.29, 0.717) is 47.8 Å². The molecule has 158 valence electrons. The minimum Gasteiger partial charge on any atom is -0.490 e. The zero-order valence-electron chi connectivity index (χ0n) is 16.4. The van der Waals surface area contributed by atoms with E-state index < -0.39 is 0 Å². The van der Waals surface area contributed by atoms with Crippen molar-refractivity contribution in [2.75, 3.05) is 6.61 Å². The molecule has 30 heavy (non-hydrogen) atoms. The first-order chi connectivity index (χ1) is 14.5. The van der Waals surface area contributed by atoms with E-state index in [1.54, 1.807) is 12.1 Å². The van der Waals surface area contributed by atoms with Crippen LogP contribution in [0.4, 0.5) is 0 Å². The molecule has 0 atom stereocenters. The molecule has 1 N–H and O–H groups in total. The number of halogens is 4. The molecule has 0 aliphatic rings. The summed E-state index contributed by atoms with van der Waals surface area (Å²) in [6, 6.07) is 17.0. The van der Waals surface area contributed by atoms with Crippen molar-refractivity contribution in [2.24, 2.45) is 0 Å². The SMILES string of the molecule is CCOc1cc(CNCc2ccccc2Cl)c(Br)cc1OCc1ccc(Cl)cc1Cl. The van der Waals surface area contributed by atoms with Crippen molar-refractivity contribution >= 4 is 50.7 Å². The largest absolute Gasteiger partial charge is 0.490 e. The van der Waals surface area contributed by atoms with Crippen molar-refractivity contribution in [1.82, 2.24) is 5.32 Å². The van der Waals surface area contributed by atoms with Crippen LogP contribution >= 0.6 is 50.7 Å². The van der Waals surface area contributed by atoms with Crippen LogP contribution in [0.25, 0.3) is 0 Å². The van der Waals surface area contributed by atoms with Gasteiger partial charge in [-0.05, 0) is 48.4 Å². The van der Waals surface area contributed by atoms with Crippen LogP contribution < -0.4 is 14.8 Å². The first-order valence-corrected chi connectivity index (χ1v) is 11.4. The summed E-state index contributed by atoms with van der Waals surface area (Å²) in [4.78, 5) is 0. The zero-order chi connectivity index (χ0) is 21.5. The van der Waals surface area contributed by atoms with Crippen LogP contribution in [-0.4, -0.2) is 6.61 Å².